The van der Waals surface area contributed by atoms with Crippen molar-refractivity contribution in [3.05, 3.63) is 21.6 Å². The Morgan fingerprint density at radius 1 is 1.52 bits per heavy atom. The lowest BCUT2D eigenvalue weighted by atomic mass is 10.0. The van der Waals surface area contributed by atoms with Crippen LogP contribution in [0.3, 0.4) is 0 Å². The molecule has 1 aromatic carbocycles. The Bertz CT molecular complexity index is 624. The van der Waals surface area contributed by atoms with Gasteiger partial charge in [-0.25, -0.2) is 13.1 Å². The number of halogens is 2. The van der Waals surface area contributed by atoms with Gasteiger partial charge in [0.05, 0.1) is 15.5 Å². The Morgan fingerprint density at radius 3 is 2.90 bits per heavy atom. The minimum absolute atomic E-state index is 0.0551. The first-order valence-corrected chi connectivity index (χ1v) is 9.36. The zero-order valence-electron chi connectivity index (χ0n) is 11.6. The van der Waals surface area contributed by atoms with Crippen LogP contribution in [0.25, 0.3) is 0 Å². The highest BCUT2D eigenvalue weighted by Gasteiger charge is 2.29. The van der Waals surface area contributed by atoms with E-state index in [0.717, 1.165) is 12.8 Å². The van der Waals surface area contributed by atoms with Crippen LogP contribution in [-0.2, 0) is 14.8 Å². The number of anilines is 1. The van der Waals surface area contributed by atoms with Gasteiger partial charge < -0.3 is 10.5 Å². The van der Waals surface area contributed by atoms with Gasteiger partial charge in [0.1, 0.15) is 0 Å². The maximum atomic E-state index is 12.4. The van der Waals surface area contributed by atoms with Crippen LogP contribution in [0, 0.1) is 5.92 Å². The van der Waals surface area contributed by atoms with Gasteiger partial charge in [-0.3, -0.25) is 0 Å². The summed E-state index contributed by atoms with van der Waals surface area (Å²) in [7, 11) is -3.67. The Labute approximate surface area is 138 Å². The number of hydrogen-bond acceptors (Lipinski definition) is 4. The second-order valence-corrected chi connectivity index (χ2v) is 7.99. The first-order valence-electron chi connectivity index (χ1n) is 6.71. The van der Waals surface area contributed by atoms with E-state index >= 15 is 0 Å². The number of nitrogen functional groups attached to an aromatic ring is 1. The molecular weight excluding hydrogens is 380 g/mol. The summed E-state index contributed by atoms with van der Waals surface area (Å²) in [5, 5.41) is 0.284. The second-order valence-electron chi connectivity index (χ2n) is 5.03. The fourth-order valence-corrected chi connectivity index (χ4v) is 4.84. The number of nitrogens with two attached hydrogens (primary N) is 1. The van der Waals surface area contributed by atoms with Crippen molar-refractivity contribution in [2.75, 3.05) is 18.9 Å². The molecule has 0 spiro atoms. The largest absolute Gasteiger partial charge is 0.398 e. The number of benzene rings is 1. The molecule has 3 N–H and O–H groups in total. The maximum Gasteiger partial charge on any atom is 0.241 e. The molecule has 8 heteroatoms. The van der Waals surface area contributed by atoms with E-state index in [1.165, 1.54) is 12.1 Å². The summed E-state index contributed by atoms with van der Waals surface area (Å²) in [4.78, 5) is 0.0551. The number of ether oxygens (including phenoxy) is 1. The summed E-state index contributed by atoms with van der Waals surface area (Å²) in [6.45, 7) is 3.06. The third-order valence-electron chi connectivity index (χ3n) is 3.61. The van der Waals surface area contributed by atoms with Crippen LogP contribution in [0.1, 0.15) is 19.8 Å². The molecule has 1 fully saturated rings. The van der Waals surface area contributed by atoms with E-state index < -0.39 is 10.0 Å². The average molecular weight is 398 g/mol. The van der Waals surface area contributed by atoms with Crippen LogP contribution >= 0.6 is 27.5 Å². The molecule has 0 radical (unpaired) electrons. The topological polar surface area (TPSA) is 81.4 Å². The van der Waals surface area contributed by atoms with Gasteiger partial charge in [0.2, 0.25) is 10.0 Å². The van der Waals surface area contributed by atoms with Gasteiger partial charge in [-0.05, 0) is 40.9 Å². The summed E-state index contributed by atoms with van der Waals surface area (Å²) < 4.78 is 33.3. The van der Waals surface area contributed by atoms with Gasteiger partial charge in [-0.15, -0.1) is 0 Å². The second kappa shape index (κ2) is 6.83. The zero-order valence-corrected chi connectivity index (χ0v) is 14.8. The van der Waals surface area contributed by atoms with E-state index in [0.29, 0.717) is 23.3 Å². The summed E-state index contributed by atoms with van der Waals surface area (Å²) in [5.74, 6) is 0.195. The molecule has 1 aliphatic heterocycles. The number of rotatable bonds is 5. The van der Waals surface area contributed by atoms with Gasteiger partial charge in [0.15, 0.2) is 0 Å². The predicted molar refractivity (Wildman–Crippen MR) is 86.9 cm³/mol. The monoisotopic (exact) mass is 396 g/mol. The molecule has 1 heterocycles. The van der Waals surface area contributed by atoms with E-state index in [4.69, 9.17) is 22.1 Å². The Balaban J connectivity index is 2.16. The van der Waals surface area contributed by atoms with Crippen molar-refractivity contribution in [2.45, 2.75) is 30.8 Å². The molecule has 2 atom stereocenters. The molecule has 0 saturated carbocycles. The molecule has 118 valence electrons. The smallest absolute Gasteiger partial charge is 0.241 e. The van der Waals surface area contributed by atoms with Gasteiger partial charge >= 0.3 is 0 Å². The first-order chi connectivity index (χ1) is 9.85. The van der Waals surface area contributed by atoms with Crippen LogP contribution < -0.4 is 10.5 Å². The first kappa shape index (κ1) is 17.0. The highest BCUT2D eigenvalue weighted by molar-refractivity contribution is 9.10. The molecule has 2 unspecified atom stereocenters. The van der Waals surface area contributed by atoms with Crippen LogP contribution in [0.15, 0.2) is 21.5 Å². The number of hydrogen-bond donors (Lipinski definition) is 2. The van der Waals surface area contributed by atoms with Crippen molar-refractivity contribution in [3.63, 3.8) is 0 Å². The van der Waals surface area contributed by atoms with Gasteiger partial charge in [0, 0.05) is 29.8 Å². The van der Waals surface area contributed by atoms with Crippen molar-refractivity contribution in [1.29, 1.82) is 0 Å². The third-order valence-corrected chi connectivity index (χ3v) is 6.42. The van der Waals surface area contributed by atoms with E-state index in [1.54, 1.807) is 0 Å². The SMILES string of the molecule is CCC1OCCC1CNS(=O)(=O)c1cc(Cl)cc(N)c1Br. The Kier molecular flexibility index (Phi) is 5.54. The molecule has 1 aromatic rings. The van der Waals surface area contributed by atoms with Crippen LogP contribution in [0.4, 0.5) is 5.69 Å². The predicted octanol–water partition coefficient (Wildman–Crippen LogP) is 2.78. The molecule has 1 aliphatic rings. The fourth-order valence-electron chi connectivity index (χ4n) is 2.45. The summed E-state index contributed by atoms with van der Waals surface area (Å²) in [6, 6.07) is 2.88. The zero-order chi connectivity index (χ0) is 15.6. The molecule has 5 nitrogen and oxygen atoms in total. The Morgan fingerprint density at radius 2 is 2.24 bits per heavy atom. The summed E-state index contributed by atoms with van der Waals surface area (Å²) in [5.41, 5.74) is 6.03. The normalized spacial score (nSPS) is 22.6. The highest BCUT2D eigenvalue weighted by Crippen LogP contribution is 2.31. The number of sulfonamides is 1. The minimum Gasteiger partial charge on any atom is -0.398 e. The minimum atomic E-state index is -3.67. The molecule has 21 heavy (non-hydrogen) atoms. The Hall–Kier alpha value is -0.340. The standard InChI is InChI=1S/C13H18BrClN2O3S/c1-2-11-8(3-4-20-11)7-17-21(18,19)12-6-9(15)5-10(16)13(12)14/h5-6,8,11,17H,2-4,7,16H2,1H3. The molecule has 0 aromatic heterocycles. The van der Waals surface area contributed by atoms with Gasteiger partial charge in [0.25, 0.3) is 0 Å². The molecule has 2 rings (SSSR count). The fraction of sp³-hybridized carbons (Fsp3) is 0.538. The van der Waals surface area contributed by atoms with Crippen LogP contribution in [-0.4, -0.2) is 27.7 Å². The number of nitrogens with one attached hydrogen (secondary N) is 1. The van der Waals surface area contributed by atoms with Gasteiger partial charge in [-0.1, -0.05) is 18.5 Å². The summed E-state index contributed by atoms with van der Waals surface area (Å²) >= 11 is 9.09. The lowest BCUT2D eigenvalue weighted by Crippen LogP contribution is -2.33. The van der Waals surface area contributed by atoms with Crippen molar-refractivity contribution >= 4 is 43.2 Å². The van der Waals surface area contributed by atoms with Crippen molar-refractivity contribution in [1.82, 2.24) is 4.72 Å². The van der Waals surface area contributed by atoms with Crippen molar-refractivity contribution in [2.24, 2.45) is 5.92 Å². The molecule has 1 saturated heterocycles. The quantitative estimate of drug-likeness (QED) is 0.749. The van der Waals surface area contributed by atoms with E-state index in [9.17, 15) is 8.42 Å². The van der Waals surface area contributed by atoms with Gasteiger partial charge in [-0.2, -0.15) is 0 Å². The molecule has 0 bridgehead atoms. The van der Waals surface area contributed by atoms with Crippen molar-refractivity contribution in [3.8, 4) is 0 Å². The van der Waals surface area contributed by atoms with E-state index in [1.807, 2.05) is 6.92 Å². The van der Waals surface area contributed by atoms with Crippen molar-refractivity contribution < 1.29 is 13.2 Å². The van der Waals surface area contributed by atoms with E-state index in [-0.39, 0.29) is 21.9 Å². The van der Waals surface area contributed by atoms with E-state index in [2.05, 4.69) is 20.7 Å². The van der Waals surface area contributed by atoms with Crippen LogP contribution in [0.2, 0.25) is 5.02 Å². The summed E-state index contributed by atoms with van der Waals surface area (Å²) in [6.07, 6.45) is 1.85. The third kappa shape index (κ3) is 3.90. The molecular formula is C13H18BrClN2O3S. The lowest BCUT2D eigenvalue weighted by Gasteiger charge is -2.18. The lowest BCUT2D eigenvalue weighted by molar-refractivity contribution is 0.0884. The molecule has 0 aliphatic carbocycles. The maximum absolute atomic E-state index is 12.4. The average Bonchev–Trinajstić information content (AvgIpc) is 2.88. The molecule has 0 amide bonds. The highest BCUT2D eigenvalue weighted by atomic mass is 79.9. The van der Waals surface area contributed by atoms with Crippen LogP contribution in [0.5, 0.6) is 0 Å².